The lowest BCUT2D eigenvalue weighted by molar-refractivity contribution is 0.465. The predicted octanol–water partition coefficient (Wildman–Crippen LogP) is 5.84. The van der Waals surface area contributed by atoms with Crippen molar-refractivity contribution in [2.24, 2.45) is 0 Å². The van der Waals surface area contributed by atoms with Crippen molar-refractivity contribution in [3.8, 4) is 46.3 Å². The van der Waals surface area contributed by atoms with Crippen LogP contribution < -0.4 is 25.9 Å². The molecule has 0 radical (unpaired) electrons. The van der Waals surface area contributed by atoms with Crippen LogP contribution in [0.1, 0.15) is 5.69 Å². The fourth-order valence-corrected chi connectivity index (χ4v) is 6.43. The number of rotatable bonds is 2. The van der Waals surface area contributed by atoms with Crippen LogP contribution in [-0.2, 0) is 0 Å². The van der Waals surface area contributed by atoms with E-state index in [1.807, 2.05) is 72.8 Å². The average molecular weight is 538 g/mol. The zero-order chi connectivity index (χ0) is 27.8. The van der Waals surface area contributed by atoms with Crippen molar-refractivity contribution in [3.63, 3.8) is 0 Å². The van der Waals surface area contributed by atoms with Crippen LogP contribution in [-0.4, -0.2) is 21.2 Å². The van der Waals surface area contributed by atoms with E-state index in [9.17, 15) is 5.26 Å². The second-order valence-corrected chi connectivity index (χ2v) is 10.5. The molecule has 4 heterocycles. The third-order valence-electron chi connectivity index (χ3n) is 8.19. The molecule has 5 aromatic carbocycles. The van der Waals surface area contributed by atoms with Crippen molar-refractivity contribution in [1.29, 1.82) is 5.26 Å². The van der Waals surface area contributed by atoms with Gasteiger partial charge in [-0.1, -0.05) is 72.8 Å². The third kappa shape index (κ3) is 3.21. The fourth-order valence-electron chi connectivity index (χ4n) is 6.43. The maximum atomic E-state index is 10.0. The largest absolute Gasteiger partial charge is 0.458 e. The molecule has 2 aliphatic rings. The fraction of sp³-hybridized carbons (Fsp3) is 0. The second kappa shape index (κ2) is 8.57. The number of benzene rings is 5. The topological polar surface area (TPSA) is 73.0 Å². The average Bonchev–Trinajstić information content (AvgIpc) is 3.38. The van der Waals surface area contributed by atoms with Gasteiger partial charge in [0.1, 0.15) is 40.6 Å². The van der Waals surface area contributed by atoms with Crippen molar-refractivity contribution in [2.75, 3.05) is 0 Å². The maximum Gasteiger partial charge on any atom is 0.260 e. The van der Waals surface area contributed by atoms with Crippen LogP contribution in [0.15, 0.2) is 115 Å². The lowest BCUT2D eigenvalue weighted by Gasteiger charge is -2.33. The normalized spacial score (nSPS) is 12.6. The molecule has 0 aliphatic carbocycles. The predicted molar refractivity (Wildman–Crippen MR) is 164 cm³/mol. The van der Waals surface area contributed by atoms with E-state index in [1.165, 1.54) is 0 Å². The van der Waals surface area contributed by atoms with Gasteiger partial charge in [0.2, 0.25) is 0 Å². The van der Waals surface area contributed by atoms with Crippen LogP contribution in [0, 0.1) is 11.3 Å². The summed E-state index contributed by atoms with van der Waals surface area (Å²) in [6.45, 7) is -0.0153. The van der Waals surface area contributed by atoms with E-state index in [0.717, 1.165) is 49.7 Å². The molecule has 0 amide bonds. The van der Waals surface area contributed by atoms with Crippen molar-refractivity contribution in [1.82, 2.24) is 14.5 Å². The molecular formula is C35H19BN4O2. The molecule has 194 valence electrons. The summed E-state index contributed by atoms with van der Waals surface area (Å²) in [6, 6.07) is 40.6. The highest BCUT2D eigenvalue weighted by Crippen LogP contribution is 2.38. The van der Waals surface area contributed by atoms with E-state index in [4.69, 9.17) is 14.5 Å². The Bertz CT molecular complexity index is 2180. The monoisotopic (exact) mass is 538 g/mol. The summed E-state index contributed by atoms with van der Waals surface area (Å²) < 4.78 is 15.0. The summed E-state index contributed by atoms with van der Waals surface area (Å²) in [6.07, 6.45) is 0. The molecule has 0 N–H and O–H groups in total. The van der Waals surface area contributed by atoms with Crippen LogP contribution in [0.2, 0.25) is 0 Å². The molecule has 6 nitrogen and oxygen atoms in total. The lowest BCUT2D eigenvalue weighted by atomic mass is 9.35. The first kappa shape index (κ1) is 22.9. The number of nitrogens with zero attached hydrogens (tertiary/aromatic N) is 4. The smallest absolute Gasteiger partial charge is 0.260 e. The number of fused-ring (bicyclic) bond motifs is 7. The summed E-state index contributed by atoms with van der Waals surface area (Å²) in [5, 5.41) is 12.3. The van der Waals surface area contributed by atoms with E-state index in [-0.39, 0.29) is 12.4 Å². The van der Waals surface area contributed by atoms with Gasteiger partial charge in [0.15, 0.2) is 5.82 Å². The molecule has 2 aliphatic heterocycles. The highest BCUT2D eigenvalue weighted by Gasteiger charge is 2.40. The van der Waals surface area contributed by atoms with Gasteiger partial charge in [-0.3, -0.25) is 4.57 Å². The van der Waals surface area contributed by atoms with Crippen LogP contribution in [0.25, 0.3) is 39.0 Å². The Labute approximate surface area is 241 Å². The number of hydrogen-bond acceptors (Lipinski definition) is 5. The van der Waals surface area contributed by atoms with Gasteiger partial charge in [-0.25, -0.2) is 9.97 Å². The van der Waals surface area contributed by atoms with Gasteiger partial charge in [-0.05, 0) is 47.3 Å². The first-order valence-electron chi connectivity index (χ1n) is 13.8. The molecule has 0 atom stereocenters. The number of aromatic nitrogens is 3. The molecule has 7 heteroatoms. The first-order valence-corrected chi connectivity index (χ1v) is 13.8. The molecule has 0 fully saturated rings. The number of ether oxygens (including phenoxy) is 2. The molecule has 0 unspecified atom stereocenters. The quantitative estimate of drug-likeness (QED) is 0.259. The molecule has 0 saturated carbocycles. The van der Waals surface area contributed by atoms with Gasteiger partial charge in [-0.15, -0.1) is 0 Å². The van der Waals surface area contributed by atoms with E-state index in [1.54, 1.807) is 6.07 Å². The molecule has 0 saturated heterocycles. The summed E-state index contributed by atoms with van der Waals surface area (Å²) >= 11 is 0. The van der Waals surface area contributed by atoms with Crippen molar-refractivity contribution in [3.05, 3.63) is 121 Å². The molecule has 9 rings (SSSR count). The first-order chi connectivity index (χ1) is 20.8. The van der Waals surface area contributed by atoms with Gasteiger partial charge < -0.3 is 9.47 Å². The molecule has 42 heavy (non-hydrogen) atoms. The molecule has 7 aromatic rings. The zero-order valence-electron chi connectivity index (χ0n) is 22.2. The minimum absolute atomic E-state index is 0.0153. The maximum absolute atomic E-state index is 10.0. The lowest BCUT2D eigenvalue weighted by Crippen LogP contribution is -2.57. The van der Waals surface area contributed by atoms with Crippen molar-refractivity contribution in [2.45, 2.75) is 0 Å². The highest BCUT2D eigenvalue weighted by atomic mass is 16.5. The van der Waals surface area contributed by atoms with Gasteiger partial charge in [0.25, 0.3) is 6.71 Å². The Balaban J connectivity index is 1.28. The molecule has 2 aromatic heterocycles. The molecular weight excluding hydrogens is 519 g/mol. The Morgan fingerprint density at radius 1 is 0.619 bits per heavy atom. The summed E-state index contributed by atoms with van der Waals surface area (Å²) in [7, 11) is 0. The van der Waals surface area contributed by atoms with Crippen molar-refractivity contribution >= 4 is 44.9 Å². The molecule has 0 bridgehead atoms. The van der Waals surface area contributed by atoms with Gasteiger partial charge in [-0.2, -0.15) is 5.26 Å². The van der Waals surface area contributed by atoms with Gasteiger partial charge in [0.05, 0.1) is 11.0 Å². The van der Waals surface area contributed by atoms with Crippen LogP contribution >= 0.6 is 0 Å². The summed E-state index contributed by atoms with van der Waals surface area (Å²) in [4.78, 5) is 9.68. The molecule has 0 spiro atoms. The second-order valence-electron chi connectivity index (χ2n) is 10.5. The zero-order valence-corrected chi connectivity index (χ0v) is 22.2. The van der Waals surface area contributed by atoms with Crippen LogP contribution in [0.5, 0.6) is 23.0 Å². The third-order valence-corrected chi connectivity index (χ3v) is 8.19. The summed E-state index contributed by atoms with van der Waals surface area (Å²) in [5.41, 5.74) is 6.19. The Kier molecular flexibility index (Phi) is 4.67. The van der Waals surface area contributed by atoms with Gasteiger partial charge >= 0.3 is 0 Å². The van der Waals surface area contributed by atoms with Crippen molar-refractivity contribution < 1.29 is 9.47 Å². The highest BCUT2D eigenvalue weighted by molar-refractivity contribution is 6.98. The van der Waals surface area contributed by atoms with Gasteiger partial charge in [0, 0.05) is 27.9 Å². The standard InChI is InChI=1S/C35H19BN4O2/c37-20-22-19-33(40-27-13-5-1-9-23(27)24-10-2-6-14-28(24)40)39-35(38-22)21-17-31-34-32(18-21)42-30-16-8-4-12-26(30)36(34)25-11-3-7-15-29(25)41-31/h1-19H. The minimum atomic E-state index is -0.0153. The number of hydrogen-bond donors (Lipinski definition) is 0. The van der Waals surface area contributed by atoms with E-state index in [0.29, 0.717) is 28.7 Å². The minimum Gasteiger partial charge on any atom is -0.458 e. The Morgan fingerprint density at radius 2 is 1.17 bits per heavy atom. The number of para-hydroxylation sites is 4. The SMILES string of the molecule is N#Cc1cc(-n2c3ccccc3c3ccccc32)nc(-c2cc3c4c(c2)Oc2ccccc2B4c2ccccc2O3)n1. The Morgan fingerprint density at radius 3 is 1.76 bits per heavy atom. The Hall–Kier alpha value is -5.87. The van der Waals surface area contributed by atoms with E-state index < -0.39 is 0 Å². The van der Waals surface area contributed by atoms with E-state index in [2.05, 4.69) is 52.0 Å². The number of nitriles is 1. The summed E-state index contributed by atoms with van der Waals surface area (Å²) in [5.74, 6) is 4.07. The van der Waals surface area contributed by atoms with Crippen LogP contribution in [0.3, 0.4) is 0 Å². The van der Waals surface area contributed by atoms with Crippen LogP contribution in [0.4, 0.5) is 0 Å². The van der Waals surface area contributed by atoms with E-state index >= 15 is 0 Å².